The van der Waals surface area contributed by atoms with Gasteiger partial charge in [-0.3, -0.25) is 4.57 Å². The SMILES string of the molecule is O=P(O)(O)c1cc(O)cc(O)c1CCCc1cccc(O)c1. The van der Waals surface area contributed by atoms with Crippen molar-refractivity contribution in [3.05, 3.63) is 47.5 Å². The lowest BCUT2D eigenvalue weighted by molar-refractivity contribution is 0.385. The molecule has 0 radical (unpaired) electrons. The van der Waals surface area contributed by atoms with Gasteiger partial charge in [-0.25, -0.2) is 0 Å². The number of hydrogen-bond donors (Lipinski definition) is 5. The van der Waals surface area contributed by atoms with Crippen molar-refractivity contribution < 1.29 is 29.7 Å². The van der Waals surface area contributed by atoms with E-state index in [0.29, 0.717) is 12.8 Å². The van der Waals surface area contributed by atoms with Crippen molar-refractivity contribution >= 4 is 12.9 Å². The van der Waals surface area contributed by atoms with Gasteiger partial charge in [0.15, 0.2) is 0 Å². The summed E-state index contributed by atoms with van der Waals surface area (Å²) in [6, 6.07) is 8.75. The van der Waals surface area contributed by atoms with Gasteiger partial charge < -0.3 is 25.1 Å². The van der Waals surface area contributed by atoms with Crippen LogP contribution in [0.5, 0.6) is 17.2 Å². The monoisotopic (exact) mass is 324 g/mol. The minimum atomic E-state index is -4.59. The van der Waals surface area contributed by atoms with Gasteiger partial charge in [-0.15, -0.1) is 0 Å². The molecule has 6 nitrogen and oxygen atoms in total. The zero-order chi connectivity index (χ0) is 16.3. The largest absolute Gasteiger partial charge is 0.508 e. The van der Waals surface area contributed by atoms with Crippen LogP contribution in [0.2, 0.25) is 0 Å². The minimum absolute atomic E-state index is 0.131. The van der Waals surface area contributed by atoms with Crippen LogP contribution in [-0.4, -0.2) is 25.1 Å². The fourth-order valence-electron chi connectivity index (χ4n) is 2.32. The Labute approximate surface area is 127 Å². The van der Waals surface area contributed by atoms with Crippen molar-refractivity contribution in [2.24, 2.45) is 0 Å². The summed E-state index contributed by atoms with van der Waals surface area (Å²) in [4.78, 5) is 18.7. The first-order valence-corrected chi connectivity index (χ1v) is 8.27. The molecule has 118 valence electrons. The van der Waals surface area contributed by atoms with E-state index in [2.05, 4.69) is 0 Å². The van der Waals surface area contributed by atoms with Gasteiger partial charge in [0.05, 0.1) is 5.30 Å². The molecule has 0 saturated heterocycles. The molecule has 0 heterocycles. The third-order valence-electron chi connectivity index (χ3n) is 3.30. The first-order chi connectivity index (χ1) is 10.3. The van der Waals surface area contributed by atoms with Crippen molar-refractivity contribution in [1.82, 2.24) is 0 Å². The molecule has 0 aliphatic heterocycles. The zero-order valence-electron chi connectivity index (χ0n) is 11.7. The van der Waals surface area contributed by atoms with Gasteiger partial charge in [0.25, 0.3) is 0 Å². The van der Waals surface area contributed by atoms with Gasteiger partial charge in [-0.1, -0.05) is 12.1 Å². The first-order valence-electron chi connectivity index (χ1n) is 6.66. The van der Waals surface area contributed by atoms with E-state index in [1.54, 1.807) is 18.2 Å². The highest BCUT2D eigenvalue weighted by Gasteiger charge is 2.24. The Kier molecular flexibility index (Phi) is 4.76. The van der Waals surface area contributed by atoms with Crippen LogP contribution >= 0.6 is 7.60 Å². The summed E-state index contributed by atoms with van der Waals surface area (Å²) in [6.45, 7) is 0. The Bertz CT molecular complexity index is 722. The van der Waals surface area contributed by atoms with Gasteiger partial charge in [-0.05, 0) is 43.0 Å². The molecule has 5 N–H and O–H groups in total. The normalized spacial score (nSPS) is 11.5. The first kappa shape index (κ1) is 16.4. The van der Waals surface area contributed by atoms with E-state index in [1.807, 2.05) is 6.07 Å². The van der Waals surface area contributed by atoms with E-state index in [4.69, 9.17) is 0 Å². The van der Waals surface area contributed by atoms with Gasteiger partial charge in [0, 0.05) is 11.6 Å². The molecule has 0 aromatic heterocycles. The third-order valence-corrected chi connectivity index (χ3v) is 4.33. The molecule has 0 spiro atoms. The summed E-state index contributed by atoms with van der Waals surface area (Å²) in [5.74, 6) is -0.581. The average Bonchev–Trinajstić information content (AvgIpc) is 2.39. The predicted molar refractivity (Wildman–Crippen MR) is 81.6 cm³/mol. The Morgan fingerprint density at radius 2 is 1.64 bits per heavy atom. The highest BCUT2D eigenvalue weighted by Crippen LogP contribution is 2.39. The molecule has 22 heavy (non-hydrogen) atoms. The van der Waals surface area contributed by atoms with Crippen LogP contribution < -0.4 is 5.30 Å². The van der Waals surface area contributed by atoms with Crippen LogP contribution in [0.25, 0.3) is 0 Å². The standard InChI is InChI=1S/C15H17O6P/c16-11-5-1-3-10(7-11)4-2-6-13-14(18)8-12(17)9-15(13)22(19,20)21/h1,3,5,7-9,16-18H,2,4,6H2,(H2,19,20,21). The summed E-state index contributed by atoms with van der Waals surface area (Å²) >= 11 is 0. The quantitative estimate of drug-likeness (QED) is 0.535. The van der Waals surface area contributed by atoms with Gasteiger partial charge in [-0.2, -0.15) is 0 Å². The van der Waals surface area contributed by atoms with Crippen molar-refractivity contribution in [1.29, 1.82) is 0 Å². The summed E-state index contributed by atoms with van der Waals surface area (Å²) in [6.07, 6.45) is 1.34. The molecule has 2 aromatic carbocycles. The molecule has 0 aliphatic rings. The fraction of sp³-hybridized carbons (Fsp3) is 0.200. The molecule has 0 bridgehead atoms. The molecule has 0 atom stereocenters. The second-order valence-corrected chi connectivity index (χ2v) is 6.60. The van der Waals surface area contributed by atoms with Crippen molar-refractivity contribution in [2.75, 3.05) is 0 Å². The van der Waals surface area contributed by atoms with Crippen molar-refractivity contribution in [3.63, 3.8) is 0 Å². The number of phenols is 3. The zero-order valence-corrected chi connectivity index (χ0v) is 12.6. The van der Waals surface area contributed by atoms with E-state index in [9.17, 15) is 29.7 Å². The summed E-state index contributed by atoms with van der Waals surface area (Å²) in [5.41, 5.74) is 1.02. The molecule has 0 aliphatic carbocycles. The lowest BCUT2D eigenvalue weighted by Crippen LogP contribution is -2.11. The highest BCUT2D eigenvalue weighted by molar-refractivity contribution is 7.60. The van der Waals surface area contributed by atoms with E-state index < -0.39 is 13.3 Å². The topological polar surface area (TPSA) is 118 Å². The third kappa shape index (κ3) is 4.01. The van der Waals surface area contributed by atoms with Crippen LogP contribution in [0.4, 0.5) is 0 Å². The molecule has 2 aromatic rings. The minimum Gasteiger partial charge on any atom is -0.508 e. The number of aromatic hydroxyl groups is 3. The van der Waals surface area contributed by atoms with Crippen LogP contribution in [0.3, 0.4) is 0 Å². The maximum absolute atomic E-state index is 11.5. The molecular weight excluding hydrogens is 307 g/mol. The number of benzene rings is 2. The fourth-order valence-corrected chi connectivity index (χ4v) is 3.20. The Hall–Kier alpha value is -2.01. The second-order valence-electron chi connectivity index (χ2n) is 5.03. The number of aryl methyl sites for hydroxylation is 1. The number of hydrogen-bond acceptors (Lipinski definition) is 4. The molecule has 0 saturated carbocycles. The molecule has 0 fully saturated rings. The van der Waals surface area contributed by atoms with Gasteiger partial charge in [0.1, 0.15) is 17.2 Å². The summed E-state index contributed by atoms with van der Waals surface area (Å²) < 4.78 is 11.5. The Morgan fingerprint density at radius 1 is 0.909 bits per heavy atom. The number of phenolic OH excluding ortho intramolecular Hbond substituents is 3. The smallest absolute Gasteiger partial charge is 0.356 e. The predicted octanol–water partition coefficient (Wildman–Crippen LogP) is 1.78. The van der Waals surface area contributed by atoms with E-state index in [-0.39, 0.29) is 28.8 Å². The highest BCUT2D eigenvalue weighted by atomic mass is 31.2. The van der Waals surface area contributed by atoms with Crippen LogP contribution in [0.1, 0.15) is 17.5 Å². The van der Waals surface area contributed by atoms with Crippen molar-refractivity contribution in [3.8, 4) is 17.2 Å². The Balaban J connectivity index is 2.17. The lowest BCUT2D eigenvalue weighted by Gasteiger charge is -2.13. The van der Waals surface area contributed by atoms with Crippen molar-refractivity contribution in [2.45, 2.75) is 19.3 Å². The molecular formula is C15H17O6P. The van der Waals surface area contributed by atoms with Crippen LogP contribution in [0, 0.1) is 0 Å². The average molecular weight is 324 g/mol. The van der Waals surface area contributed by atoms with E-state index >= 15 is 0 Å². The molecule has 0 unspecified atom stereocenters. The maximum Gasteiger partial charge on any atom is 0.356 e. The summed E-state index contributed by atoms with van der Waals surface area (Å²) in [5, 5.41) is 28.2. The maximum atomic E-state index is 11.5. The Morgan fingerprint density at radius 3 is 2.27 bits per heavy atom. The van der Waals surface area contributed by atoms with Gasteiger partial charge >= 0.3 is 7.60 Å². The second kappa shape index (κ2) is 6.40. The molecule has 0 amide bonds. The van der Waals surface area contributed by atoms with E-state index in [1.165, 1.54) is 0 Å². The summed E-state index contributed by atoms with van der Waals surface area (Å²) in [7, 11) is -4.59. The number of rotatable bonds is 5. The van der Waals surface area contributed by atoms with Crippen LogP contribution in [-0.2, 0) is 17.4 Å². The van der Waals surface area contributed by atoms with E-state index in [0.717, 1.165) is 17.7 Å². The lowest BCUT2D eigenvalue weighted by atomic mass is 10.0. The molecule has 2 rings (SSSR count). The van der Waals surface area contributed by atoms with Crippen LogP contribution in [0.15, 0.2) is 36.4 Å². The molecule has 7 heteroatoms. The van der Waals surface area contributed by atoms with Gasteiger partial charge in [0.2, 0.25) is 0 Å².